The molecule has 2 aliphatic heterocycles. The zero-order valence-electron chi connectivity index (χ0n) is 16.1. The Labute approximate surface area is 184 Å². The number of piperidine rings is 1. The lowest BCUT2D eigenvalue weighted by Gasteiger charge is -2.35. The van der Waals surface area contributed by atoms with E-state index in [0.29, 0.717) is 23.8 Å². The highest BCUT2D eigenvalue weighted by Crippen LogP contribution is 2.59. The predicted molar refractivity (Wildman–Crippen MR) is 117 cm³/mol. The van der Waals surface area contributed by atoms with Crippen molar-refractivity contribution in [1.82, 2.24) is 15.1 Å². The lowest BCUT2D eigenvalue weighted by Crippen LogP contribution is -2.50. The number of hydrogen-bond donors (Lipinski definition) is 1. The van der Waals surface area contributed by atoms with Crippen LogP contribution in [0.25, 0.3) is 0 Å². The lowest BCUT2D eigenvalue weighted by molar-refractivity contribution is -0.135. The third-order valence-electron chi connectivity index (χ3n) is 6.26. The minimum absolute atomic E-state index is 0. The summed E-state index contributed by atoms with van der Waals surface area (Å²) in [4.78, 5) is 17.3. The molecule has 4 rings (SSSR count). The van der Waals surface area contributed by atoms with Crippen LogP contribution in [0.15, 0.2) is 24.3 Å². The van der Waals surface area contributed by atoms with Crippen LogP contribution in [0.1, 0.15) is 19.3 Å². The highest BCUT2D eigenvalue weighted by Gasteiger charge is 2.58. The highest BCUT2D eigenvalue weighted by atomic mass is 35.5. The van der Waals surface area contributed by atoms with E-state index in [4.69, 9.17) is 16.3 Å². The predicted octanol–water partition coefficient (Wildman–Crippen LogP) is 3.10. The number of nitrogens with zero attached hydrogens (tertiary/aromatic N) is 2. The average Bonchev–Trinajstić information content (AvgIpc) is 3.36. The summed E-state index contributed by atoms with van der Waals surface area (Å²) in [5.74, 6) is 1.55. The van der Waals surface area contributed by atoms with Gasteiger partial charge in [-0.1, -0.05) is 11.6 Å². The van der Waals surface area contributed by atoms with Crippen molar-refractivity contribution in [2.24, 2.45) is 11.3 Å². The molecule has 0 bridgehead atoms. The molecule has 1 aromatic rings. The maximum Gasteiger partial charge on any atom is 0.226 e. The first-order chi connectivity index (χ1) is 12.7. The first kappa shape index (κ1) is 23.6. The lowest BCUT2D eigenvalue weighted by atomic mass is 9.91. The number of nitrogens with one attached hydrogen (secondary N) is 1. The Morgan fingerprint density at radius 3 is 2.39 bits per heavy atom. The van der Waals surface area contributed by atoms with E-state index >= 15 is 0 Å². The summed E-state index contributed by atoms with van der Waals surface area (Å²) in [5, 5.41) is 4.13. The average molecular weight is 451 g/mol. The number of piperazine rings is 1. The van der Waals surface area contributed by atoms with Crippen molar-refractivity contribution in [2.45, 2.75) is 19.3 Å². The number of benzene rings is 1. The zero-order chi connectivity index (χ0) is 18.0. The van der Waals surface area contributed by atoms with E-state index in [9.17, 15) is 4.79 Å². The number of hydrogen-bond acceptors (Lipinski definition) is 4. The Morgan fingerprint density at radius 2 is 1.75 bits per heavy atom. The van der Waals surface area contributed by atoms with Crippen molar-refractivity contribution in [1.29, 1.82) is 0 Å². The Morgan fingerprint density at radius 1 is 1.11 bits per heavy atom. The Bertz CT molecular complexity index is 630. The topological polar surface area (TPSA) is 44.8 Å². The number of ether oxygens (including phenoxy) is 1. The molecule has 3 fully saturated rings. The normalized spacial score (nSPS) is 23.5. The van der Waals surface area contributed by atoms with Crippen LogP contribution in [0, 0.1) is 11.3 Å². The standard InChI is InChI=1S/C20H28ClN3O2.2ClH/c21-16-1-3-17(4-2-16)26-14-13-23-9-11-24(12-10-23)19(25)18-15-20(18)5-7-22-8-6-20;;/h1-4,18,22H,5-15H2;2*1H. The highest BCUT2D eigenvalue weighted by molar-refractivity contribution is 6.30. The van der Waals surface area contributed by atoms with Crippen LogP contribution < -0.4 is 10.1 Å². The molecule has 1 saturated carbocycles. The van der Waals surface area contributed by atoms with Crippen LogP contribution in [-0.4, -0.2) is 68.1 Å². The fourth-order valence-electron chi connectivity index (χ4n) is 4.41. The van der Waals surface area contributed by atoms with Crippen LogP contribution in [0.3, 0.4) is 0 Å². The summed E-state index contributed by atoms with van der Waals surface area (Å²) in [6.07, 6.45) is 3.46. The molecular formula is C20H30Cl3N3O2. The van der Waals surface area contributed by atoms with E-state index in [1.54, 1.807) is 0 Å². The number of rotatable bonds is 5. The molecule has 1 atom stereocenters. The van der Waals surface area contributed by atoms with Crippen molar-refractivity contribution < 1.29 is 9.53 Å². The second-order valence-corrected chi connectivity index (χ2v) is 8.27. The van der Waals surface area contributed by atoms with Gasteiger partial charge in [0.25, 0.3) is 0 Å². The quantitative estimate of drug-likeness (QED) is 0.749. The minimum atomic E-state index is 0. The number of carbonyl (C=O) groups is 1. The van der Waals surface area contributed by atoms with Gasteiger partial charge in [-0.2, -0.15) is 0 Å². The SMILES string of the molecule is Cl.Cl.O=C(C1CC12CCNCC2)N1CCN(CCOc2ccc(Cl)cc2)CC1. The van der Waals surface area contributed by atoms with Crippen LogP contribution in [-0.2, 0) is 4.79 Å². The van der Waals surface area contributed by atoms with Gasteiger partial charge in [0.15, 0.2) is 0 Å². The second kappa shape index (κ2) is 10.4. The molecule has 8 heteroatoms. The maximum atomic E-state index is 12.8. The van der Waals surface area contributed by atoms with Gasteiger partial charge in [-0.25, -0.2) is 0 Å². The summed E-state index contributed by atoms with van der Waals surface area (Å²) in [5.41, 5.74) is 0.339. The molecule has 5 nitrogen and oxygen atoms in total. The largest absolute Gasteiger partial charge is 0.492 e. The van der Waals surface area contributed by atoms with Gasteiger partial charge >= 0.3 is 0 Å². The molecule has 1 N–H and O–H groups in total. The van der Waals surface area contributed by atoms with Gasteiger partial charge in [0.1, 0.15) is 12.4 Å². The van der Waals surface area contributed by atoms with E-state index in [0.717, 1.165) is 63.0 Å². The van der Waals surface area contributed by atoms with E-state index in [2.05, 4.69) is 15.1 Å². The molecule has 1 aliphatic carbocycles. The van der Waals surface area contributed by atoms with Gasteiger partial charge in [0.05, 0.1) is 0 Å². The maximum absolute atomic E-state index is 12.8. The van der Waals surface area contributed by atoms with Crippen molar-refractivity contribution in [3.8, 4) is 5.75 Å². The molecule has 2 saturated heterocycles. The smallest absolute Gasteiger partial charge is 0.226 e. The van der Waals surface area contributed by atoms with Crippen LogP contribution in [0.2, 0.25) is 5.02 Å². The Kier molecular flexibility index (Phi) is 8.71. The first-order valence-electron chi connectivity index (χ1n) is 9.77. The molecule has 0 radical (unpaired) electrons. The number of halogens is 3. The van der Waals surface area contributed by atoms with Crippen LogP contribution in [0.4, 0.5) is 0 Å². The van der Waals surface area contributed by atoms with Crippen molar-refractivity contribution in [2.75, 3.05) is 52.4 Å². The van der Waals surface area contributed by atoms with Crippen LogP contribution >= 0.6 is 36.4 Å². The van der Waals surface area contributed by atoms with Gasteiger partial charge in [-0.05, 0) is 62.0 Å². The van der Waals surface area contributed by atoms with Gasteiger partial charge in [-0.3, -0.25) is 9.69 Å². The summed E-state index contributed by atoms with van der Waals surface area (Å²) >= 11 is 5.88. The molecule has 1 aromatic carbocycles. The monoisotopic (exact) mass is 449 g/mol. The van der Waals surface area contributed by atoms with Gasteiger partial charge in [0, 0.05) is 43.7 Å². The molecule has 28 heavy (non-hydrogen) atoms. The number of amides is 1. The summed E-state index contributed by atoms with van der Waals surface area (Å²) in [6, 6.07) is 7.47. The molecule has 158 valence electrons. The molecule has 2 heterocycles. The van der Waals surface area contributed by atoms with Crippen molar-refractivity contribution >= 4 is 42.3 Å². The van der Waals surface area contributed by atoms with Gasteiger partial charge in [-0.15, -0.1) is 24.8 Å². The van der Waals surface area contributed by atoms with Gasteiger partial charge in [0.2, 0.25) is 5.91 Å². The second-order valence-electron chi connectivity index (χ2n) is 7.84. The molecule has 1 amide bonds. The summed E-state index contributed by atoms with van der Waals surface area (Å²) < 4.78 is 5.77. The summed E-state index contributed by atoms with van der Waals surface area (Å²) in [7, 11) is 0. The molecule has 0 aromatic heterocycles. The molecule has 3 aliphatic rings. The fourth-order valence-corrected chi connectivity index (χ4v) is 4.54. The van der Waals surface area contributed by atoms with Crippen molar-refractivity contribution in [3.05, 3.63) is 29.3 Å². The Hall–Kier alpha value is -0.720. The van der Waals surface area contributed by atoms with E-state index in [-0.39, 0.29) is 24.8 Å². The third kappa shape index (κ3) is 5.45. The number of carbonyl (C=O) groups excluding carboxylic acids is 1. The minimum Gasteiger partial charge on any atom is -0.492 e. The van der Waals surface area contributed by atoms with E-state index in [1.165, 1.54) is 12.8 Å². The zero-order valence-corrected chi connectivity index (χ0v) is 18.5. The third-order valence-corrected chi connectivity index (χ3v) is 6.51. The van der Waals surface area contributed by atoms with E-state index in [1.807, 2.05) is 24.3 Å². The molecule has 1 spiro atoms. The van der Waals surface area contributed by atoms with Crippen LogP contribution in [0.5, 0.6) is 5.75 Å². The fraction of sp³-hybridized carbons (Fsp3) is 0.650. The van der Waals surface area contributed by atoms with Crippen molar-refractivity contribution in [3.63, 3.8) is 0 Å². The summed E-state index contributed by atoms with van der Waals surface area (Å²) in [6.45, 7) is 7.29. The molecule has 1 unspecified atom stereocenters. The Balaban J connectivity index is 0.00000140. The van der Waals surface area contributed by atoms with Gasteiger partial charge < -0.3 is 15.0 Å². The van der Waals surface area contributed by atoms with E-state index < -0.39 is 0 Å². The molecular weight excluding hydrogens is 421 g/mol. The first-order valence-corrected chi connectivity index (χ1v) is 10.1.